The quantitative estimate of drug-likeness (QED) is 0.345. The summed E-state index contributed by atoms with van der Waals surface area (Å²) in [5.74, 6) is 0. The SMILES string of the molecule is CC(=O)S[C@H]1C[C@@H](COCCOC(N)=O)N(C(=O)OCc2ccc([N+](=O)[O-])cc2)C1. The fraction of sp³-hybridized carbons (Fsp3) is 0.500. The van der Waals surface area contributed by atoms with E-state index in [4.69, 9.17) is 15.2 Å². The molecule has 1 aromatic carbocycles. The van der Waals surface area contributed by atoms with Crippen LogP contribution in [0.2, 0.25) is 0 Å². The fourth-order valence-corrected chi connectivity index (χ4v) is 3.96. The number of amides is 2. The van der Waals surface area contributed by atoms with Crippen LogP contribution in [0.3, 0.4) is 0 Å². The van der Waals surface area contributed by atoms with E-state index in [-0.39, 0.29) is 48.5 Å². The molecule has 0 radical (unpaired) electrons. The lowest BCUT2D eigenvalue weighted by Crippen LogP contribution is -2.39. The maximum absolute atomic E-state index is 12.6. The minimum atomic E-state index is -0.895. The van der Waals surface area contributed by atoms with Crippen molar-refractivity contribution in [2.24, 2.45) is 5.73 Å². The van der Waals surface area contributed by atoms with Crippen molar-refractivity contribution in [2.75, 3.05) is 26.4 Å². The number of hydrogen-bond acceptors (Lipinski definition) is 9. The van der Waals surface area contributed by atoms with E-state index in [1.807, 2.05) is 0 Å². The lowest BCUT2D eigenvalue weighted by Gasteiger charge is -2.23. The molecule has 1 saturated heterocycles. The summed E-state index contributed by atoms with van der Waals surface area (Å²) in [5.41, 5.74) is 5.43. The smallest absolute Gasteiger partial charge is 0.410 e. The van der Waals surface area contributed by atoms with Gasteiger partial charge in [0.1, 0.15) is 13.2 Å². The summed E-state index contributed by atoms with van der Waals surface area (Å²) >= 11 is 1.16. The van der Waals surface area contributed by atoms with Crippen LogP contribution < -0.4 is 5.73 Å². The number of nitrogens with two attached hydrogens (primary N) is 1. The topological polar surface area (TPSA) is 151 Å². The van der Waals surface area contributed by atoms with E-state index >= 15 is 0 Å². The van der Waals surface area contributed by atoms with Gasteiger partial charge in [0.05, 0.1) is 24.2 Å². The number of rotatable bonds is 9. The highest BCUT2D eigenvalue weighted by Gasteiger charge is 2.37. The molecular formula is C18H23N3O8S. The van der Waals surface area contributed by atoms with Crippen molar-refractivity contribution < 1.29 is 33.5 Å². The van der Waals surface area contributed by atoms with Gasteiger partial charge < -0.3 is 24.8 Å². The highest BCUT2D eigenvalue weighted by molar-refractivity contribution is 8.14. The van der Waals surface area contributed by atoms with E-state index in [2.05, 4.69) is 4.74 Å². The molecule has 2 amide bonds. The summed E-state index contributed by atoms with van der Waals surface area (Å²) in [6.45, 7) is 2.05. The average Bonchev–Trinajstić information content (AvgIpc) is 3.07. The molecule has 30 heavy (non-hydrogen) atoms. The Labute approximate surface area is 177 Å². The van der Waals surface area contributed by atoms with Crippen molar-refractivity contribution in [3.05, 3.63) is 39.9 Å². The molecule has 1 fully saturated rings. The van der Waals surface area contributed by atoms with Gasteiger partial charge in [-0.25, -0.2) is 9.59 Å². The van der Waals surface area contributed by atoms with Crippen LogP contribution in [-0.2, 0) is 25.6 Å². The average molecular weight is 441 g/mol. The number of carbonyl (C=O) groups is 3. The van der Waals surface area contributed by atoms with Crippen LogP contribution in [-0.4, -0.2) is 64.8 Å². The largest absolute Gasteiger partial charge is 0.447 e. The third-order valence-corrected chi connectivity index (χ3v) is 5.24. The van der Waals surface area contributed by atoms with Crippen LogP contribution >= 0.6 is 11.8 Å². The maximum atomic E-state index is 12.6. The van der Waals surface area contributed by atoms with E-state index in [9.17, 15) is 24.5 Å². The highest BCUT2D eigenvalue weighted by atomic mass is 32.2. The predicted molar refractivity (Wildman–Crippen MR) is 107 cm³/mol. The Morgan fingerprint density at radius 1 is 1.23 bits per heavy atom. The molecule has 2 N–H and O–H groups in total. The van der Waals surface area contributed by atoms with Gasteiger partial charge in [0.2, 0.25) is 0 Å². The molecule has 164 valence electrons. The Hall–Kier alpha value is -2.86. The Kier molecular flexibility index (Phi) is 8.87. The van der Waals surface area contributed by atoms with Crippen LogP contribution in [0.5, 0.6) is 0 Å². The number of ether oxygens (including phenoxy) is 3. The first kappa shape index (κ1) is 23.4. The molecule has 1 aliphatic heterocycles. The molecule has 1 heterocycles. The molecule has 1 aliphatic rings. The predicted octanol–water partition coefficient (Wildman–Crippen LogP) is 2.07. The second kappa shape index (κ2) is 11.4. The molecule has 12 heteroatoms. The first-order valence-electron chi connectivity index (χ1n) is 9.10. The molecule has 2 atom stereocenters. The van der Waals surface area contributed by atoms with Gasteiger partial charge >= 0.3 is 12.2 Å². The summed E-state index contributed by atoms with van der Waals surface area (Å²) in [7, 11) is 0. The second-order valence-electron chi connectivity index (χ2n) is 6.49. The van der Waals surface area contributed by atoms with E-state index in [1.165, 1.54) is 36.1 Å². The number of nitro benzene ring substituents is 1. The number of non-ortho nitro benzene ring substituents is 1. The minimum Gasteiger partial charge on any atom is -0.447 e. The Morgan fingerprint density at radius 2 is 1.93 bits per heavy atom. The molecule has 0 unspecified atom stereocenters. The number of carbonyl (C=O) groups excluding carboxylic acids is 3. The number of nitro groups is 1. The normalized spacial score (nSPS) is 18.1. The van der Waals surface area contributed by atoms with Crippen LogP contribution in [0.4, 0.5) is 15.3 Å². The van der Waals surface area contributed by atoms with Gasteiger partial charge in [-0.3, -0.25) is 14.9 Å². The van der Waals surface area contributed by atoms with Gasteiger partial charge in [-0.15, -0.1) is 0 Å². The zero-order chi connectivity index (χ0) is 22.1. The third-order valence-electron chi connectivity index (χ3n) is 4.23. The zero-order valence-corrected chi connectivity index (χ0v) is 17.2. The van der Waals surface area contributed by atoms with Crippen LogP contribution in [0, 0.1) is 10.1 Å². The summed E-state index contributed by atoms with van der Waals surface area (Å²) in [4.78, 5) is 46.2. The second-order valence-corrected chi connectivity index (χ2v) is 7.97. The zero-order valence-electron chi connectivity index (χ0n) is 16.4. The first-order valence-corrected chi connectivity index (χ1v) is 9.98. The summed E-state index contributed by atoms with van der Waals surface area (Å²) in [6.07, 6.45) is -0.913. The van der Waals surface area contributed by atoms with Crippen molar-refractivity contribution in [2.45, 2.75) is 31.2 Å². The minimum absolute atomic E-state index is 0.00172. The van der Waals surface area contributed by atoms with Gasteiger partial charge in [-0.1, -0.05) is 11.8 Å². The van der Waals surface area contributed by atoms with E-state index in [1.54, 1.807) is 0 Å². The standard InChI is InChI=1S/C18H23N3O8S/c1-12(22)30-16-8-15(11-27-6-7-28-17(19)23)20(9-16)18(24)29-10-13-2-4-14(5-3-13)21(25)26/h2-5,15-16H,6-11H2,1H3,(H2,19,23)/t15-,16-/m0/s1. The maximum Gasteiger partial charge on any atom is 0.410 e. The van der Waals surface area contributed by atoms with Crippen molar-refractivity contribution >= 4 is 34.8 Å². The number of thioether (sulfide) groups is 1. The van der Waals surface area contributed by atoms with Gasteiger partial charge in [0.25, 0.3) is 5.69 Å². The van der Waals surface area contributed by atoms with Crippen molar-refractivity contribution in [1.29, 1.82) is 0 Å². The number of likely N-dealkylation sites (tertiary alicyclic amines) is 1. The fourth-order valence-electron chi connectivity index (χ4n) is 2.94. The number of nitrogens with zero attached hydrogens (tertiary/aromatic N) is 2. The van der Waals surface area contributed by atoms with Crippen molar-refractivity contribution in [1.82, 2.24) is 4.90 Å². The van der Waals surface area contributed by atoms with E-state index < -0.39 is 17.1 Å². The molecule has 0 spiro atoms. The Morgan fingerprint density at radius 3 is 2.53 bits per heavy atom. The molecular weight excluding hydrogens is 418 g/mol. The summed E-state index contributed by atoms with van der Waals surface area (Å²) in [5, 5.41) is 10.6. The Balaban J connectivity index is 1.90. The highest BCUT2D eigenvalue weighted by Crippen LogP contribution is 2.29. The monoisotopic (exact) mass is 441 g/mol. The van der Waals surface area contributed by atoms with Gasteiger partial charge in [-0.2, -0.15) is 0 Å². The van der Waals surface area contributed by atoms with Gasteiger partial charge in [-0.05, 0) is 24.1 Å². The van der Waals surface area contributed by atoms with Gasteiger partial charge in [0, 0.05) is 30.9 Å². The molecule has 11 nitrogen and oxygen atoms in total. The lowest BCUT2D eigenvalue weighted by molar-refractivity contribution is -0.384. The number of hydrogen-bond donors (Lipinski definition) is 1. The summed E-state index contributed by atoms with van der Waals surface area (Å²) < 4.78 is 15.4. The summed E-state index contributed by atoms with van der Waals surface area (Å²) in [6, 6.07) is 5.40. The van der Waals surface area contributed by atoms with E-state index in [0.717, 1.165) is 11.8 Å². The number of benzene rings is 1. The van der Waals surface area contributed by atoms with Crippen LogP contribution in [0.1, 0.15) is 18.9 Å². The number of primary amides is 1. The van der Waals surface area contributed by atoms with Gasteiger partial charge in [0.15, 0.2) is 5.12 Å². The lowest BCUT2D eigenvalue weighted by atomic mass is 10.2. The van der Waals surface area contributed by atoms with Crippen LogP contribution in [0.25, 0.3) is 0 Å². The third kappa shape index (κ3) is 7.52. The van der Waals surface area contributed by atoms with Crippen LogP contribution in [0.15, 0.2) is 24.3 Å². The Bertz CT molecular complexity index is 773. The van der Waals surface area contributed by atoms with E-state index in [0.29, 0.717) is 18.5 Å². The molecule has 2 rings (SSSR count). The molecule has 0 saturated carbocycles. The first-order chi connectivity index (χ1) is 14.3. The van der Waals surface area contributed by atoms with Crippen molar-refractivity contribution in [3.63, 3.8) is 0 Å². The molecule has 0 bridgehead atoms. The molecule has 1 aromatic rings. The molecule has 0 aromatic heterocycles. The van der Waals surface area contributed by atoms with Crippen molar-refractivity contribution in [3.8, 4) is 0 Å². The molecule has 0 aliphatic carbocycles.